The Balaban J connectivity index is 1.80. The van der Waals surface area contributed by atoms with E-state index in [1.165, 1.54) is 5.57 Å². The van der Waals surface area contributed by atoms with Crippen molar-refractivity contribution in [2.45, 2.75) is 31.9 Å². The summed E-state index contributed by atoms with van der Waals surface area (Å²) >= 11 is 0. The largest absolute Gasteiger partial charge is 0.508 e. The van der Waals surface area contributed by atoms with Gasteiger partial charge < -0.3 is 19.9 Å². The average Bonchev–Trinajstić information content (AvgIpc) is 2.87. The molecule has 0 spiro atoms. The highest BCUT2D eigenvalue weighted by Crippen LogP contribution is 2.57. The van der Waals surface area contributed by atoms with Gasteiger partial charge in [-0.25, -0.2) is 0 Å². The fourth-order valence-corrected chi connectivity index (χ4v) is 5.88. The molecule has 4 nitrogen and oxygen atoms in total. The number of phenols is 1. The second-order valence-corrected chi connectivity index (χ2v) is 10.1. The molecule has 0 fully saturated rings. The first-order valence-corrected chi connectivity index (χ1v) is 12.2. The third-order valence-corrected chi connectivity index (χ3v) is 7.18. The molecule has 2 aliphatic rings. The van der Waals surface area contributed by atoms with Crippen LogP contribution in [-0.4, -0.2) is 17.8 Å². The predicted molar refractivity (Wildman–Crippen MR) is 145 cm³/mol. The minimum Gasteiger partial charge on any atom is -0.508 e. The molecule has 0 aromatic heterocycles. The fourth-order valence-electron chi connectivity index (χ4n) is 5.88. The first-order chi connectivity index (χ1) is 17.3. The van der Waals surface area contributed by atoms with Crippen LogP contribution in [0.15, 0.2) is 91.0 Å². The van der Waals surface area contributed by atoms with Crippen molar-refractivity contribution in [1.82, 2.24) is 0 Å². The maximum absolute atomic E-state index is 10.1. The SMILES string of the molecule is COc1cccc2c1-c1ccc3c(c1C(c1ccccc1)(c1ccc(O)cc1)O2)C(C)=CC(C)(C)N3. The number of aromatic hydroxyl groups is 1. The van der Waals surface area contributed by atoms with Crippen LogP contribution in [0, 0.1) is 0 Å². The number of nitrogens with one attached hydrogen (secondary N) is 1. The van der Waals surface area contributed by atoms with E-state index in [1.807, 2.05) is 48.5 Å². The molecule has 0 saturated heterocycles. The first-order valence-electron chi connectivity index (χ1n) is 12.2. The topological polar surface area (TPSA) is 50.7 Å². The number of hydrogen-bond acceptors (Lipinski definition) is 4. The molecule has 2 N–H and O–H groups in total. The zero-order valence-electron chi connectivity index (χ0n) is 20.9. The second-order valence-electron chi connectivity index (χ2n) is 10.1. The molecule has 0 aliphatic carbocycles. The average molecular weight is 476 g/mol. The van der Waals surface area contributed by atoms with Crippen molar-refractivity contribution in [2.75, 3.05) is 12.4 Å². The smallest absolute Gasteiger partial charge is 0.185 e. The molecule has 4 heteroatoms. The number of ether oxygens (including phenoxy) is 2. The molecule has 1 unspecified atom stereocenters. The van der Waals surface area contributed by atoms with Gasteiger partial charge in [-0.1, -0.05) is 60.7 Å². The molecule has 2 heterocycles. The van der Waals surface area contributed by atoms with Crippen molar-refractivity contribution < 1.29 is 14.6 Å². The van der Waals surface area contributed by atoms with E-state index in [0.717, 1.165) is 50.6 Å². The summed E-state index contributed by atoms with van der Waals surface area (Å²) in [4.78, 5) is 0. The molecule has 1 atom stereocenters. The number of methoxy groups -OCH3 is 1. The molecule has 0 amide bonds. The van der Waals surface area contributed by atoms with Gasteiger partial charge in [0, 0.05) is 27.9 Å². The second kappa shape index (κ2) is 7.92. The van der Waals surface area contributed by atoms with E-state index in [1.54, 1.807) is 19.2 Å². The Morgan fingerprint density at radius 3 is 2.25 bits per heavy atom. The lowest BCUT2D eigenvalue weighted by atomic mass is 9.70. The van der Waals surface area contributed by atoms with Crippen molar-refractivity contribution in [2.24, 2.45) is 0 Å². The molecule has 0 radical (unpaired) electrons. The quantitative estimate of drug-likeness (QED) is 0.325. The van der Waals surface area contributed by atoms with Gasteiger partial charge in [0.25, 0.3) is 0 Å². The van der Waals surface area contributed by atoms with Gasteiger partial charge in [-0.3, -0.25) is 0 Å². The van der Waals surface area contributed by atoms with Gasteiger partial charge in [-0.05, 0) is 62.2 Å². The maximum Gasteiger partial charge on any atom is 0.185 e. The highest BCUT2D eigenvalue weighted by Gasteiger charge is 2.48. The highest BCUT2D eigenvalue weighted by molar-refractivity contribution is 5.93. The van der Waals surface area contributed by atoms with Crippen LogP contribution < -0.4 is 14.8 Å². The van der Waals surface area contributed by atoms with Crippen LogP contribution in [0.5, 0.6) is 17.2 Å². The number of phenolic OH excluding ortho intramolecular Hbond substituents is 1. The summed E-state index contributed by atoms with van der Waals surface area (Å²) in [5, 5.41) is 13.9. The molecular weight excluding hydrogens is 446 g/mol. The summed E-state index contributed by atoms with van der Waals surface area (Å²) in [5.41, 5.74) is 7.28. The summed E-state index contributed by atoms with van der Waals surface area (Å²) < 4.78 is 13.0. The van der Waals surface area contributed by atoms with Crippen molar-refractivity contribution in [3.05, 3.63) is 113 Å². The number of benzene rings is 4. The Hall–Kier alpha value is -4.18. The molecular formula is C32H29NO3. The zero-order chi connectivity index (χ0) is 25.1. The van der Waals surface area contributed by atoms with Gasteiger partial charge in [0.15, 0.2) is 5.60 Å². The van der Waals surface area contributed by atoms with Crippen LogP contribution in [0.2, 0.25) is 0 Å². The van der Waals surface area contributed by atoms with Gasteiger partial charge in [-0.2, -0.15) is 0 Å². The van der Waals surface area contributed by atoms with Crippen molar-refractivity contribution in [3.63, 3.8) is 0 Å². The van der Waals surface area contributed by atoms with Crippen LogP contribution in [0.1, 0.15) is 43.0 Å². The molecule has 6 rings (SSSR count). The normalized spacial score (nSPS) is 19.1. The Morgan fingerprint density at radius 1 is 0.806 bits per heavy atom. The van der Waals surface area contributed by atoms with Crippen molar-refractivity contribution >= 4 is 11.3 Å². The maximum atomic E-state index is 10.1. The van der Waals surface area contributed by atoms with Gasteiger partial charge in [0.1, 0.15) is 17.2 Å². The lowest BCUT2D eigenvalue weighted by molar-refractivity contribution is 0.151. The first kappa shape index (κ1) is 22.3. The van der Waals surface area contributed by atoms with Gasteiger partial charge in [-0.15, -0.1) is 0 Å². The van der Waals surface area contributed by atoms with Gasteiger partial charge in [0.05, 0.1) is 18.2 Å². The lowest BCUT2D eigenvalue weighted by Gasteiger charge is -2.44. The van der Waals surface area contributed by atoms with Crippen LogP contribution in [0.25, 0.3) is 16.7 Å². The van der Waals surface area contributed by atoms with E-state index in [2.05, 4.69) is 56.4 Å². The minimum atomic E-state index is -0.951. The summed E-state index contributed by atoms with van der Waals surface area (Å²) in [6.45, 7) is 6.53. The van der Waals surface area contributed by atoms with Crippen molar-refractivity contribution in [1.29, 1.82) is 0 Å². The summed E-state index contributed by atoms with van der Waals surface area (Å²) in [6.07, 6.45) is 2.28. The highest BCUT2D eigenvalue weighted by atomic mass is 16.5. The molecule has 4 aromatic rings. The standard InChI is InChI=1S/C32H29NO3/c1-20-19-31(2,3)33-25-18-17-24-29-26(35-4)11-8-12-27(29)36-32(30(24)28(20)25,21-9-6-5-7-10-21)22-13-15-23(34)16-14-22/h5-19,33-34H,1-4H3. The number of hydrogen-bond donors (Lipinski definition) is 2. The fraction of sp³-hybridized carbons (Fsp3) is 0.188. The van der Waals surface area contributed by atoms with Gasteiger partial charge in [0.2, 0.25) is 0 Å². The van der Waals surface area contributed by atoms with E-state index in [9.17, 15) is 5.11 Å². The Bertz CT molecular complexity index is 1500. The Labute approximate surface area is 211 Å². The monoisotopic (exact) mass is 475 g/mol. The van der Waals surface area contributed by atoms with Gasteiger partial charge >= 0.3 is 0 Å². The number of allylic oxidation sites excluding steroid dienone is 1. The van der Waals surface area contributed by atoms with Crippen LogP contribution in [0.4, 0.5) is 5.69 Å². The van der Waals surface area contributed by atoms with E-state index in [-0.39, 0.29) is 11.3 Å². The Kier molecular flexibility index (Phi) is 4.91. The molecule has 2 aliphatic heterocycles. The van der Waals surface area contributed by atoms with Crippen LogP contribution >= 0.6 is 0 Å². The minimum absolute atomic E-state index is 0.176. The van der Waals surface area contributed by atoms with Crippen LogP contribution in [-0.2, 0) is 5.60 Å². The lowest BCUT2D eigenvalue weighted by Crippen LogP contribution is -2.41. The summed E-state index contributed by atoms with van der Waals surface area (Å²) in [6, 6.07) is 28.0. The number of fused-ring (bicyclic) bond motifs is 5. The zero-order valence-corrected chi connectivity index (χ0v) is 20.9. The number of rotatable bonds is 3. The number of anilines is 1. The molecule has 180 valence electrons. The third kappa shape index (κ3) is 3.21. The van der Waals surface area contributed by atoms with E-state index >= 15 is 0 Å². The summed E-state index contributed by atoms with van der Waals surface area (Å²) in [7, 11) is 1.70. The van der Waals surface area contributed by atoms with E-state index in [4.69, 9.17) is 9.47 Å². The molecule has 4 aromatic carbocycles. The molecule has 36 heavy (non-hydrogen) atoms. The predicted octanol–water partition coefficient (Wildman–Crippen LogP) is 7.36. The molecule has 0 saturated carbocycles. The van der Waals surface area contributed by atoms with Crippen molar-refractivity contribution in [3.8, 4) is 28.4 Å². The van der Waals surface area contributed by atoms with Crippen LogP contribution in [0.3, 0.4) is 0 Å². The third-order valence-electron chi connectivity index (χ3n) is 7.18. The van der Waals surface area contributed by atoms with E-state index < -0.39 is 5.60 Å². The summed E-state index contributed by atoms with van der Waals surface area (Å²) in [5.74, 6) is 1.74. The molecule has 0 bridgehead atoms. The Morgan fingerprint density at radius 2 is 1.53 bits per heavy atom. The van der Waals surface area contributed by atoms with E-state index in [0.29, 0.717) is 0 Å².